The molecule has 0 saturated heterocycles. The predicted octanol–water partition coefficient (Wildman–Crippen LogP) is 4.58. The van der Waals surface area contributed by atoms with Gasteiger partial charge in [-0.05, 0) is 42.1 Å². The third-order valence-corrected chi connectivity index (χ3v) is 5.41. The Bertz CT molecular complexity index is 435. The second kappa shape index (κ2) is 6.93. The number of thioether (sulfide) groups is 1. The topological polar surface area (TPSA) is 37.8 Å². The van der Waals surface area contributed by atoms with E-state index in [1.165, 1.54) is 25.0 Å². The molecule has 5 heteroatoms. The van der Waals surface area contributed by atoms with Crippen LogP contribution in [0, 0.1) is 0 Å². The van der Waals surface area contributed by atoms with Gasteiger partial charge in [-0.15, -0.1) is 0 Å². The molecule has 0 aromatic carbocycles. The summed E-state index contributed by atoms with van der Waals surface area (Å²) in [5.74, 6) is 3.47. The van der Waals surface area contributed by atoms with Gasteiger partial charge in [-0.2, -0.15) is 11.8 Å². The molecular weight excluding hydrogens is 322 g/mol. The molecule has 1 fully saturated rings. The predicted molar refractivity (Wildman–Crippen MR) is 86.9 cm³/mol. The highest BCUT2D eigenvalue weighted by atomic mass is 79.9. The summed E-state index contributed by atoms with van der Waals surface area (Å²) in [4.78, 5) is 9.41. The molecule has 1 aromatic rings. The van der Waals surface area contributed by atoms with Crippen LogP contribution < -0.4 is 5.32 Å². The molecular formula is C14H22BrN3S. The van der Waals surface area contributed by atoms with Crippen molar-refractivity contribution in [2.24, 2.45) is 0 Å². The number of anilines is 1. The Hall–Kier alpha value is -0.290. The van der Waals surface area contributed by atoms with E-state index < -0.39 is 0 Å². The van der Waals surface area contributed by atoms with Gasteiger partial charge >= 0.3 is 0 Å². The lowest BCUT2D eigenvalue weighted by Crippen LogP contribution is -2.08. The second-order valence-electron chi connectivity index (χ2n) is 5.02. The van der Waals surface area contributed by atoms with Crippen LogP contribution in [-0.4, -0.2) is 21.8 Å². The Balaban J connectivity index is 2.17. The van der Waals surface area contributed by atoms with Crippen LogP contribution in [0.5, 0.6) is 0 Å². The summed E-state index contributed by atoms with van der Waals surface area (Å²) >= 11 is 5.59. The number of aromatic nitrogens is 2. The molecule has 0 bridgehead atoms. The first-order chi connectivity index (χ1) is 9.15. The fraction of sp³-hybridized carbons (Fsp3) is 0.714. The van der Waals surface area contributed by atoms with Gasteiger partial charge in [-0.1, -0.05) is 13.8 Å². The quantitative estimate of drug-likeness (QED) is 0.786. The molecule has 1 N–H and O–H groups in total. The maximum absolute atomic E-state index is 4.76. The van der Waals surface area contributed by atoms with Gasteiger partial charge in [0.15, 0.2) is 0 Å². The van der Waals surface area contributed by atoms with E-state index in [-0.39, 0.29) is 0 Å². The largest absolute Gasteiger partial charge is 0.369 e. The van der Waals surface area contributed by atoms with Crippen molar-refractivity contribution in [3.63, 3.8) is 0 Å². The summed E-state index contributed by atoms with van der Waals surface area (Å²) in [6.07, 6.45) is 3.72. The first-order valence-corrected chi connectivity index (χ1v) is 8.91. The second-order valence-corrected chi connectivity index (χ2v) is 7.24. The maximum atomic E-state index is 4.76. The van der Waals surface area contributed by atoms with E-state index in [1.807, 2.05) is 11.8 Å². The lowest BCUT2D eigenvalue weighted by molar-refractivity contribution is 0.890. The Morgan fingerprint density at radius 2 is 2.11 bits per heavy atom. The lowest BCUT2D eigenvalue weighted by atomic mass is 10.2. The molecule has 1 atom stereocenters. The first-order valence-electron chi connectivity index (χ1n) is 7.07. The zero-order chi connectivity index (χ0) is 13.8. The van der Waals surface area contributed by atoms with Crippen LogP contribution in [0.3, 0.4) is 0 Å². The van der Waals surface area contributed by atoms with Gasteiger partial charge in [0.25, 0.3) is 0 Å². The molecule has 3 nitrogen and oxygen atoms in total. The van der Waals surface area contributed by atoms with Gasteiger partial charge in [0, 0.05) is 17.7 Å². The summed E-state index contributed by atoms with van der Waals surface area (Å²) in [5.41, 5.74) is 1.20. The van der Waals surface area contributed by atoms with Crippen molar-refractivity contribution in [2.75, 3.05) is 11.9 Å². The maximum Gasteiger partial charge on any atom is 0.144 e. The highest BCUT2D eigenvalue weighted by Gasteiger charge is 2.29. The van der Waals surface area contributed by atoms with Crippen molar-refractivity contribution in [3.05, 3.63) is 16.0 Å². The SMILES string of the molecule is CCNc1nc(CSC(C)CC)nc(C2CC2)c1Br. The minimum absolute atomic E-state index is 0.641. The zero-order valence-corrected chi connectivity index (χ0v) is 14.3. The van der Waals surface area contributed by atoms with Crippen molar-refractivity contribution >= 4 is 33.5 Å². The third kappa shape index (κ3) is 4.09. The molecule has 0 radical (unpaired) electrons. The smallest absolute Gasteiger partial charge is 0.144 e. The Kier molecular flexibility index (Phi) is 5.51. The molecule has 1 aliphatic carbocycles. The summed E-state index contributed by atoms with van der Waals surface area (Å²) in [6, 6.07) is 0. The number of hydrogen-bond donors (Lipinski definition) is 1. The fourth-order valence-electron chi connectivity index (χ4n) is 1.82. The van der Waals surface area contributed by atoms with Gasteiger partial charge in [0.05, 0.1) is 15.9 Å². The standard InChI is InChI=1S/C14H22BrN3S/c1-4-9(3)19-8-11-17-13(10-6-7-10)12(15)14(18-11)16-5-2/h9-10H,4-8H2,1-3H3,(H,16,17,18). The van der Waals surface area contributed by atoms with E-state index in [2.05, 4.69) is 47.0 Å². The molecule has 1 heterocycles. The highest BCUT2D eigenvalue weighted by molar-refractivity contribution is 9.10. The van der Waals surface area contributed by atoms with Gasteiger partial charge in [-0.25, -0.2) is 9.97 Å². The molecule has 1 aliphatic rings. The van der Waals surface area contributed by atoms with Crippen molar-refractivity contribution in [3.8, 4) is 0 Å². The van der Waals surface area contributed by atoms with Crippen LogP contribution in [0.25, 0.3) is 0 Å². The van der Waals surface area contributed by atoms with E-state index in [0.717, 1.165) is 28.4 Å². The van der Waals surface area contributed by atoms with Crippen LogP contribution in [0.1, 0.15) is 57.5 Å². The van der Waals surface area contributed by atoms with Crippen molar-refractivity contribution in [1.82, 2.24) is 9.97 Å². The molecule has 0 spiro atoms. The van der Waals surface area contributed by atoms with Crippen LogP contribution in [0.4, 0.5) is 5.82 Å². The average Bonchev–Trinajstić information content (AvgIpc) is 3.23. The monoisotopic (exact) mass is 343 g/mol. The summed E-state index contributed by atoms with van der Waals surface area (Å²) < 4.78 is 1.06. The molecule has 0 amide bonds. The van der Waals surface area contributed by atoms with Crippen LogP contribution in [0.15, 0.2) is 4.47 Å². The van der Waals surface area contributed by atoms with E-state index in [9.17, 15) is 0 Å². The minimum Gasteiger partial charge on any atom is -0.369 e. The van der Waals surface area contributed by atoms with Crippen LogP contribution in [0.2, 0.25) is 0 Å². The van der Waals surface area contributed by atoms with E-state index in [1.54, 1.807) is 0 Å². The van der Waals surface area contributed by atoms with Gasteiger partial charge in [0.2, 0.25) is 0 Å². The van der Waals surface area contributed by atoms with Gasteiger partial charge in [0.1, 0.15) is 11.6 Å². The molecule has 0 aliphatic heterocycles. The van der Waals surface area contributed by atoms with E-state index in [0.29, 0.717) is 11.2 Å². The molecule has 1 unspecified atom stereocenters. The first kappa shape index (κ1) is 15.1. The van der Waals surface area contributed by atoms with Crippen molar-refractivity contribution in [2.45, 2.75) is 57.0 Å². The van der Waals surface area contributed by atoms with E-state index >= 15 is 0 Å². The number of nitrogens with zero attached hydrogens (tertiary/aromatic N) is 2. The van der Waals surface area contributed by atoms with Crippen molar-refractivity contribution < 1.29 is 0 Å². The summed E-state index contributed by atoms with van der Waals surface area (Å²) in [5, 5.41) is 4.00. The number of halogens is 1. The Labute approximate surface area is 128 Å². The average molecular weight is 344 g/mol. The van der Waals surface area contributed by atoms with Gasteiger partial charge < -0.3 is 5.32 Å². The molecule has 2 rings (SSSR count). The molecule has 19 heavy (non-hydrogen) atoms. The normalized spacial score (nSPS) is 16.4. The Morgan fingerprint density at radius 3 is 2.68 bits per heavy atom. The third-order valence-electron chi connectivity index (χ3n) is 3.30. The fourth-order valence-corrected chi connectivity index (χ4v) is 3.26. The summed E-state index contributed by atoms with van der Waals surface area (Å²) in [6.45, 7) is 7.47. The number of nitrogens with one attached hydrogen (secondary N) is 1. The number of hydrogen-bond acceptors (Lipinski definition) is 4. The Morgan fingerprint density at radius 1 is 1.37 bits per heavy atom. The zero-order valence-electron chi connectivity index (χ0n) is 11.9. The highest BCUT2D eigenvalue weighted by Crippen LogP contribution is 2.44. The number of rotatable bonds is 7. The summed E-state index contributed by atoms with van der Waals surface area (Å²) in [7, 11) is 0. The van der Waals surface area contributed by atoms with E-state index in [4.69, 9.17) is 4.98 Å². The molecule has 1 saturated carbocycles. The van der Waals surface area contributed by atoms with Crippen LogP contribution in [-0.2, 0) is 5.75 Å². The van der Waals surface area contributed by atoms with Crippen molar-refractivity contribution in [1.29, 1.82) is 0 Å². The minimum atomic E-state index is 0.641. The van der Waals surface area contributed by atoms with Gasteiger partial charge in [-0.3, -0.25) is 0 Å². The lowest BCUT2D eigenvalue weighted by Gasteiger charge is -2.13. The molecule has 1 aromatic heterocycles. The molecule has 106 valence electrons. The van der Waals surface area contributed by atoms with Crippen LogP contribution >= 0.6 is 27.7 Å².